The van der Waals surface area contributed by atoms with Gasteiger partial charge in [-0.1, -0.05) is 28.1 Å². The number of hydrogen-bond acceptors (Lipinski definition) is 3. The number of nitrogens with zero attached hydrogens (tertiary/aromatic N) is 2. The molecule has 0 radical (unpaired) electrons. The molecule has 0 amide bonds. The van der Waals surface area contributed by atoms with E-state index in [0.29, 0.717) is 12.3 Å². The molecule has 4 nitrogen and oxygen atoms in total. The molecule has 0 saturated heterocycles. The van der Waals surface area contributed by atoms with Crippen LogP contribution in [0, 0.1) is 0 Å². The summed E-state index contributed by atoms with van der Waals surface area (Å²) >= 11 is 3.44. The molecule has 0 aliphatic carbocycles. The van der Waals surface area contributed by atoms with Gasteiger partial charge in [0, 0.05) is 23.1 Å². The molecule has 3 rings (SSSR count). The molecule has 108 valence electrons. The molecule has 0 fully saturated rings. The lowest BCUT2D eigenvalue weighted by atomic mass is 10.2. The Morgan fingerprint density at radius 1 is 1.29 bits per heavy atom. The Bertz CT molecular complexity index is 767. The van der Waals surface area contributed by atoms with Crippen LogP contribution in [0.2, 0.25) is 0 Å². The van der Waals surface area contributed by atoms with E-state index in [9.17, 15) is 0 Å². The molecule has 2 aromatic heterocycles. The SMILES string of the molecule is CC(N)Cc1c(Oc2cccc(Br)c2)nc2ccccn12. The average molecular weight is 346 g/mol. The normalized spacial score (nSPS) is 12.5. The number of nitrogens with two attached hydrogens (primary N) is 1. The second-order valence-corrected chi connectivity index (χ2v) is 5.95. The number of hydrogen-bond donors (Lipinski definition) is 1. The van der Waals surface area contributed by atoms with Crippen molar-refractivity contribution in [2.75, 3.05) is 0 Å². The van der Waals surface area contributed by atoms with E-state index < -0.39 is 0 Å². The zero-order chi connectivity index (χ0) is 14.8. The van der Waals surface area contributed by atoms with E-state index in [1.807, 2.05) is 60.0 Å². The summed E-state index contributed by atoms with van der Waals surface area (Å²) in [5, 5.41) is 0. The van der Waals surface area contributed by atoms with E-state index in [1.54, 1.807) is 0 Å². The maximum Gasteiger partial charge on any atom is 0.241 e. The molecule has 21 heavy (non-hydrogen) atoms. The summed E-state index contributed by atoms with van der Waals surface area (Å²) in [6, 6.07) is 13.6. The summed E-state index contributed by atoms with van der Waals surface area (Å²) in [6.45, 7) is 1.98. The van der Waals surface area contributed by atoms with E-state index in [4.69, 9.17) is 10.5 Å². The zero-order valence-electron chi connectivity index (χ0n) is 11.7. The van der Waals surface area contributed by atoms with Gasteiger partial charge in [-0.05, 0) is 37.3 Å². The molecule has 0 aliphatic heterocycles. The molecule has 1 aromatic carbocycles. The first-order valence-corrected chi connectivity index (χ1v) is 7.58. The zero-order valence-corrected chi connectivity index (χ0v) is 13.2. The number of aromatic nitrogens is 2. The maximum absolute atomic E-state index is 5.96. The second kappa shape index (κ2) is 5.87. The minimum absolute atomic E-state index is 0.0370. The first-order chi connectivity index (χ1) is 10.1. The topological polar surface area (TPSA) is 52.5 Å². The highest BCUT2D eigenvalue weighted by atomic mass is 79.9. The highest BCUT2D eigenvalue weighted by molar-refractivity contribution is 9.10. The quantitative estimate of drug-likeness (QED) is 0.782. The van der Waals surface area contributed by atoms with Crippen LogP contribution in [-0.2, 0) is 6.42 Å². The molecule has 2 heterocycles. The molecule has 5 heteroatoms. The van der Waals surface area contributed by atoms with Gasteiger partial charge in [0.2, 0.25) is 5.88 Å². The molecule has 0 saturated carbocycles. The van der Waals surface area contributed by atoms with Gasteiger partial charge in [-0.2, -0.15) is 4.98 Å². The Labute approximate surface area is 131 Å². The van der Waals surface area contributed by atoms with Crippen molar-refractivity contribution >= 4 is 21.6 Å². The van der Waals surface area contributed by atoms with Crippen LogP contribution in [-0.4, -0.2) is 15.4 Å². The van der Waals surface area contributed by atoms with Gasteiger partial charge in [0.05, 0.1) is 5.69 Å². The lowest BCUT2D eigenvalue weighted by molar-refractivity contribution is 0.456. The van der Waals surface area contributed by atoms with Gasteiger partial charge in [-0.3, -0.25) is 0 Å². The molecule has 3 aromatic rings. The van der Waals surface area contributed by atoms with Crippen LogP contribution >= 0.6 is 15.9 Å². The van der Waals surface area contributed by atoms with Gasteiger partial charge in [-0.25, -0.2) is 0 Å². The van der Waals surface area contributed by atoms with Crippen molar-refractivity contribution in [2.45, 2.75) is 19.4 Å². The maximum atomic E-state index is 5.96. The summed E-state index contributed by atoms with van der Waals surface area (Å²) < 4.78 is 8.95. The molecule has 1 unspecified atom stereocenters. The van der Waals surface area contributed by atoms with Crippen LogP contribution in [0.4, 0.5) is 0 Å². The Morgan fingerprint density at radius 2 is 2.14 bits per heavy atom. The third kappa shape index (κ3) is 3.09. The lowest BCUT2D eigenvalue weighted by Gasteiger charge is -2.09. The summed E-state index contributed by atoms with van der Waals surface area (Å²) in [7, 11) is 0. The molecular weight excluding hydrogens is 330 g/mol. The van der Waals surface area contributed by atoms with Gasteiger partial charge in [-0.15, -0.1) is 0 Å². The lowest BCUT2D eigenvalue weighted by Crippen LogP contribution is -2.19. The van der Waals surface area contributed by atoms with Crippen LogP contribution in [0.3, 0.4) is 0 Å². The Kier molecular flexibility index (Phi) is 3.94. The van der Waals surface area contributed by atoms with Gasteiger partial charge >= 0.3 is 0 Å². The third-order valence-electron chi connectivity index (χ3n) is 3.12. The predicted molar refractivity (Wildman–Crippen MR) is 86.8 cm³/mol. The first-order valence-electron chi connectivity index (χ1n) is 6.78. The van der Waals surface area contributed by atoms with Crippen LogP contribution < -0.4 is 10.5 Å². The van der Waals surface area contributed by atoms with E-state index in [-0.39, 0.29) is 6.04 Å². The minimum atomic E-state index is 0.0370. The van der Waals surface area contributed by atoms with Crippen molar-refractivity contribution in [3.05, 3.63) is 58.8 Å². The van der Waals surface area contributed by atoms with E-state index in [0.717, 1.165) is 21.6 Å². The van der Waals surface area contributed by atoms with E-state index >= 15 is 0 Å². The molecule has 0 bridgehead atoms. The fourth-order valence-electron chi connectivity index (χ4n) is 2.24. The van der Waals surface area contributed by atoms with E-state index in [2.05, 4.69) is 20.9 Å². The third-order valence-corrected chi connectivity index (χ3v) is 3.61. The first kappa shape index (κ1) is 14.1. The molecule has 1 atom stereocenters. The molecule has 0 spiro atoms. The number of fused-ring (bicyclic) bond motifs is 1. The van der Waals surface area contributed by atoms with Crippen molar-refractivity contribution in [2.24, 2.45) is 5.73 Å². The number of benzene rings is 1. The van der Waals surface area contributed by atoms with Crippen molar-refractivity contribution in [3.63, 3.8) is 0 Å². The Balaban J connectivity index is 2.04. The highest BCUT2D eigenvalue weighted by Crippen LogP contribution is 2.28. The smallest absolute Gasteiger partial charge is 0.241 e. The fraction of sp³-hybridized carbons (Fsp3) is 0.188. The number of ether oxygens (including phenoxy) is 1. The highest BCUT2D eigenvalue weighted by Gasteiger charge is 2.15. The van der Waals surface area contributed by atoms with Crippen molar-refractivity contribution in [1.29, 1.82) is 0 Å². The standard InChI is InChI=1S/C16H16BrN3O/c1-11(18)9-14-16(19-15-7-2-3-8-20(14)15)21-13-6-4-5-12(17)10-13/h2-8,10-11H,9,18H2,1H3. The number of imidazole rings is 1. The van der Waals surface area contributed by atoms with Gasteiger partial charge in [0.1, 0.15) is 11.4 Å². The second-order valence-electron chi connectivity index (χ2n) is 5.03. The summed E-state index contributed by atoms with van der Waals surface area (Å²) in [5.41, 5.74) is 7.80. The van der Waals surface area contributed by atoms with Crippen LogP contribution in [0.25, 0.3) is 5.65 Å². The predicted octanol–water partition coefficient (Wildman–Crippen LogP) is 3.78. The summed E-state index contributed by atoms with van der Waals surface area (Å²) in [6.07, 6.45) is 2.68. The Hall–Kier alpha value is -1.85. The Morgan fingerprint density at radius 3 is 2.90 bits per heavy atom. The van der Waals surface area contributed by atoms with Crippen molar-refractivity contribution in [1.82, 2.24) is 9.38 Å². The minimum Gasteiger partial charge on any atom is -0.437 e. The van der Waals surface area contributed by atoms with Crippen LogP contribution in [0.15, 0.2) is 53.1 Å². The monoisotopic (exact) mass is 345 g/mol. The largest absolute Gasteiger partial charge is 0.437 e. The van der Waals surface area contributed by atoms with Crippen molar-refractivity contribution < 1.29 is 4.74 Å². The van der Waals surface area contributed by atoms with E-state index in [1.165, 1.54) is 0 Å². The summed E-state index contributed by atoms with van der Waals surface area (Å²) in [5.74, 6) is 1.36. The summed E-state index contributed by atoms with van der Waals surface area (Å²) in [4.78, 5) is 4.56. The van der Waals surface area contributed by atoms with Gasteiger partial charge < -0.3 is 14.9 Å². The van der Waals surface area contributed by atoms with Crippen LogP contribution in [0.1, 0.15) is 12.6 Å². The van der Waals surface area contributed by atoms with Crippen LogP contribution in [0.5, 0.6) is 11.6 Å². The van der Waals surface area contributed by atoms with Gasteiger partial charge in [0.15, 0.2) is 0 Å². The molecule has 2 N–H and O–H groups in total. The van der Waals surface area contributed by atoms with Crippen molar-refractivity contribution in [3.8, 4) is 11.6 Å². The fourth-order valence-corrected chi connectivity index (χ4v) is 2.62. The number of rotatable bonds is 4. The van der Waals surface area contributed by atoms with Gasteiger partial charge in [0.25, 0.3) is 0 Å². The average Bonchev–Trinajstić information content (AvgIpc) is 2.76. The molecular formula is C16H16BrN3O. The molecule has 0 aliphatic rings. The number of halogens is 1. The number of pyridine rings is 1.